The third-order valence-electron chi connectivity index (χ3n) is 4.45. The van der Waals surface area contributed by atoms with Gasteiger partial charge in [-0.05, 0) is 31.9 Å². The van der Waals surface area contributed by atoms with Crippen LogP contribution in [0.15, 0.2) is 30.3 Å². The van der Waals surface area contributed by atoms with Gasteiger partial charge in [0.05, 0.1) is 12.0 Å². The number of ether oxygens (including phenoxy) is 2. The van der Waals surface area contributed by atoms with Crippen LogP contribution in [0.1, 0.15) is 26.2 Å². The molecule has 4 heteroatoms. The molecule has 0 radical (unpaired) electrons. The second-order valence-corrected chi connectivity index (χ2v) is 5.63. The first kappa shape index (κ1) is 13.4. The maximum Gasteiger partial charge on any atom is 0.312 e. The zero-order valence-corrected chi connectivity index (χ0v) is 11.9. The number of esters is 1. The number of hydrogen-bond donors (Lipinski definition) is 0. The van der Waals surface area contributed by atoms with Crippen LogP contribution < -0.4 is 4.74 Å². The van der Waals surface area contributed by atoms with Crippen LogP contribution in [0, 0.1) is 5.41 Å². The summed E-state index contributed by atoms with van der Waals surface area (Å²) in [5, 5.41) is 0. The fourth-order valence-electron chi connectivity index (χ4n) is 3.25. The van der Waals surface area contributed by atoms with Crippen molar-refractivity contribution < 1.29 is 14.3 Å². The van der Waals surface area contributed by atoms with Crippen molar-refractivity contribution in [1.29, 1.82) is 0 Å². The summed E-state index contributed by atoms with van der Waals surface area (Å²) in [6, 6.07) is 9.82. The molecular formula is C16H21NO3. The lowest BCUT2D eigenvalue weighted by atomic mass is 9.71. The molecule has 0 N–H and O–H groups in total. The van der Waals surface area contributed by atoms with Gasteiger partial charge in [-0.2, -0.15) is 0 Å². The Morgan fingerprint density at radius 1 is 1.30 bits per heavy atom. The number of piperidine rings is 3. The van der Waals surface area contributed by atoms with Gasteiger partial charge in [0.25, 0.3) is 0 Å². The third-order valence-corrected chi connectivity index (χ3v) is 4.45. The maximum atomic E-state index is 12.3. The van der Waals surface area contributed by atoms with E-state index in [2.05, 4.69) is 4.90 Å². The molecule has 1 atom stereocenters. The van der Waals surface area contributed by atoms with Gasteiger partial charge in [0, 0.05) is 19.5 Å². The summed E-state index contributed by atoms with van der Waals surface area (Å²) >= 11 is 0. The van der Waals surface area contributed by atoms with Crippen molar-refractivity contribution in [2.24, 2.45) is 5.41 Å². The summed E-state index contributed by atoms with van der Waals surface area (Å²) < 4.78 is 11.3. The quantitative estimate of drug-likeness (QED) is 0.791. The van der Waals surface area contributed by atoms with Crippen LogP contribution in [0.5, 0.6) is 5.75 Å². The molecule has 20 heavy (non-hydrogen) atoms. The van der Waals surface area contributed by atoms with E-state index in [1.54, 1.807) is 0 Å². The van der Waals surface area contributed by atoms with Gasteiger partial charge in [0.2, 0.25) is 0 Å². The van der Waals surface area contributed by atoms with E-state index in [9.17, 15) is 4.79 Å². The fourth-order valence-corrected chi connectivity index (χ4v) is 3.25. The van der Waals surface area contributed by atoms with E-state index in [0.717, 1.165) is 38.1 Å². The van der Waals surface area contributed by atoms with Gasteiger partial charge >= 0.3 is 5.97 Å². The van der Waals surface area contributed by atoms with Crippen LogP contribution in [0.25, 0.3) is 0 Å². The van der Waals surface area contributed by atoms with Crippen molar-refractivity contribution in [2.75, 3.05) is 19.7 Å². The zero-order chi connectivity index (χ0) is 14.0. The SMILES string of the molecule is CCOC(=O)C12CCN(CC1)C(Oc1ccccc1)C2. The maximum absolute atomic E-state index is 12.3. The zero-order valence-electron chi connectivity index (χ0n) is 11.9. The van der Waals surface area contributed by atoms with E-state index < -0.39 is 0 Å². The molecular weight excluding hydrogens is 254 g/mol. The topological polar surface area (TPSA) is 38.8 Å². The van der Waals surface area contributed by atoms with Crippen molar-refractivity contribution >= 4 is 5.97 Å². The molecule has 3 saturated heterocycles. The average Bonchev–Trinajstić information content (AvgIpc) is 2.50. The number of hydrogen-bond acceptors (Lipinski definition) is 4. The molecule has 0 saturated carbocycles. The predicted molar refractivity (Wildman–Crippen MR) is 75.3 cm³/mol. The Morgan fingerprint density at radius 3 is 2.65 bits per heavy atom. The number of carbonyl (C=O) groups excluding carboxylic acids is 1. The summed E-state index contributed by atoms with van der Waals surface area (Å²) in [5.74, 6) is 0.824. The van der Waals surface area contributed by atoms with E-state index in [1.165, 1.54) is 0 Å². The van der Waals surface area contributed by atoms with Crippen LogP contribution in [-0.2, 0) is 9.53 Å². The first-order chi connectivity index (χ1) is 9.73. The lowest BCUT2D eigenvalue weighted by Gasteiger charge is -2.50. The lowest BCUT2D eigenvalue weighted by Crippen LogP contribution is -2.59. The standard InChI is InChI=1S/C16H21NO3/c1-2-19-15(18)16-8-10-17(11-9-16)14(12-16)20-13-6-4-3-5-7-13/h3-7,14H,2,8-12H2,1H3. The van der Waals surface area contributed by atoms with Gasteiger partial charge in [-0.3, -0.25) is 9.69 Å². The van der Waals surface area contributed by atoms with E-state index in [4.69, 9.17) is 9.47 Å². The van der Waals surface area contributed by atoms with E-state index >= 15 is 0 Å². The van der Waals surface area contributed by atoms with Gasteiger partial charge in [-0.25, -0.2) is 0 Å². The molecule has 2 bridgehead atoms. The summed E-state index contributed by atoms with van der Waals surface area (Å²) in [4.78, 5) is 14.6. The van der Waals surface area contributed by atoms with Crippen molar-refractivity contribution in [3.05, 3.63) is 30.3 Å². The van der Waals surface area contributed by atoms with Crippen LogP contribution in [0.2, 0.25) is 0 Å². The molecule has 0 spiro atoms. The second-order valence-electron chi connectivity index (χ2n) is 5.63. The highest BCUT2D eigenvalue weighted by Crippen LogP contribution is 2.44. The molecule has 0 amide bonds. The molecule has 1 aromatic carbocycles. The van der Waals surface area contributed by atoms with Crippen LogP contribution in [0.4, 0.5) is 0 Å². The normalized spacial score (nSPS) is 31.9. The molecule has 3 fully saturated rings. The molecule has 4 rings (SSSR count). The molecule has 3 aliphatic heterocycles. The van der Waals surface area contributed by atoms with Crippen molar-refractivity contribution in [3.63, 3.8) is 0 Å². The average molecular weight is 275 g/mol. The number of carbonyl (C=O) groups is 1. The van der Waals surface area contributed by atoms with Crippen LogP contribution >= 0.6 is 0 Å². The lowest BCUT2D eigenvalue weighted by molar-refractivity contribution is -0.175. The molecule has 1 aromatic rings. The second kappa shape index (κ2) is 5.44. The van der Waals surface area contributed by atoms with Crippen molar-refractivity contribution in [2.45, 2.75) is 32.4 Å². The Labute approximate surface area is 119 Å². The molecule has 3 aliphatic rings. The Morgan fingerprint density at radius 2 is 2.00 bits per heavy atom. The summed E-state index contributed by atoms with van der Waals surface area (Å²) in [6.07, 6.45) is 2.51. The smallest absolute Gasteiger partial charge is 0.312 e. The van der Waals surface area contributed by atoms with E-state index in [1.807, 2.05) is 37.3 Å². The largest absolute Gasteiger partial charge is 0.475 e. The highest BCUT2D eigenvalue weighted by molar-refractivity contribution is 5.77. The van der Waals surface area contributed by atoms with Crippen molar-refractivity contribution in [1.82, 2.24) is 4.90 Å². The molecule has 0 aliphatic carbocycles. The summed E-state index contributed by atoms with van der Waals surface area (Å²) in [6.45, 7) is 4.14. The molecule has 1 unspecified atom stereocenters. The van der Waals surface area contributed by atoms with Gasteiger partial charge in [-0.15, -0.1) is 0 Å². The summed E-state index contributed by atoms with van der Waals surface area (Å²) in [5.41, 5.74) is -0.329. The van der Waals surface area contributed by atoms with Gasteiger partial charge in [0.1, 0.15) is 5.75 Å². The summed E-state index contributed by atoms with van der Waals surface area (Å²) in [7, 11) is 0. The minimum Gasteiger partial charge on any atom is -0.475 e. The number of nitrogens with zero attached hydrogens (tertiary/aromatic N) is 1. The first-order valence-corrected chi connectivity index (χ1v) is 7.36. The van der Waals surface area contributed by atoms with E-state index in [0.29, 0.717) is 6.61 Å². The number of benzene rings is 1. The molecule has 0 aromatic heterocycles. The minimum absolute atomic E-state index is 0.00990. The van der Waals surface area contributed by atoms with E-state index in [-0.39, 0.29) is 17.6 Å². The minimum atomic E-state index is -0.329. The van der Waals surface area contributed by atoms with Crippen molar-refractivity contribution in [3.8, 4) is 5.75 Å². The monoisotopic (exact) mass is 275 g/mol. The first-order valence-electron chi connectivity index (χ1n) is 7.36. The number of rotatable bonds is 4. The molecule has 108 valence electrons. The molecule has 4 nitrogen and oxygen atoms in total. The highest BCUT2D eigenvalue weighted by Gasteiger charge is 2.51. The predicted octanol–water partition coefficient (Wildman–Crippen LogP) is 2.44. The van der Waals surface area contributed by atoms with Gasteiger partial charge in [0.15, 0.2) is 6.23 Å². The number of para-hydroxylation sites is 1. The highest BCUT2D eigenvalue weighted by atomic mass is 16.5. The Kier molecular flexibility index (Phi) is 3.66. The Balaban J connectivity index is 1.73. The van der Waals surface area contributed by atoms with Gasteiger partial charge in [-0.1, -0.05) is 18.2 Å². The Bertz CT molecular complexity index is 466. The molecule has 3 heterocycles. The van der Waals surface area contributed by atoms with Gasteiger partial charge < -0.3 is 9.47 Å². The van der Waals surface area contributed by atoms with Crippen LogP contribution in [-0.4, -0.2) is 36.8 Å². The van der Waals surface area contributed by atoms with Crippen LogP contribution in [0.3, 0.4) is 0 Å². The third kappa shape index (κ3) is 2.40. The fraction of sp³-hybridized carbons (Fsp3) is 0.562. The number of fused-ring (bicyclic) bond motifs is 3. The Hall–Kier alpha value is -1.55.